The number of para-hydroxylation sites is 1. The molecule has 0 aromatic heterocycles. The van der Waals surface area contributed by atoms with Crippen LogP contribution in [0, 0.1) is 5.41 Å². The fourth-order valence-electron chi connectivity index (χ4n) is 4.24. The molecule has 0 bridgehead atoms. The molecular formula is C26H47NO2. The minimum atomic E-state index is -0.507. The first-order valence-corrected chi connectivity index (χ1v) is 12.1. The van der Waals surface area contributed by atoms with Crippen LogP contribution in [0.2, 0.25) is 0 Å². The van der Waals surface area contributed by atoms with E-state index < -0.39 is 5.79 Å². The number of ether oxygens (including phenoxy) is 2. The van der Waals surface area contributed by atoms with E-state index >= 15 is 0 Å². The molecule has 1 aromatic rings. The van der Waals surface area contributed by atoms with Gasteiger partial charge >= 0.3 is 0 Å². The molecule has 1 atom stereocenters. The first kappa shape index (κ1) is 26.0. The van der Waals surface area contributed by atoms with Gasteiger partial charge in [0.05, 0.1) is 0 Å². The Morgan fingerprint density at radius 1 is 0.724 bits per heavy atom. The minimum absolute atomic E-state index is 0.0382. The summed E-state index contributed by atoms with van der Waals surface area (Å²) in [5.41, 5.74) is 1.24. The molecule has 3 nitrogen and oxygen atoms in total. The maximum atomic E-state index is 6.22. The van der Waals surface area contributed by atoms with Gasteiger partial charge in [-0.1, -0.05) is 77.0 Å². The third kappa shape index (κ3) is 9.53. The van der Waals surface area contributed by atoms with Gasteiger partial charge < -0.3 is 14.8 Å². The van der Waals surface area contributed by atoms with Crippen LogP contribution in [0.4, 0.5) is 5.69 Å². The summed E-state index contributed by atoms with van der Waals surface area (Å²) in [7, 11) is 0. The van der Waals surface area contributed by atoms with Gasteiger partial charge in [-0.3, -0.25) is 0 Å². The first-order chi connectivity index (χ1) is 14.0. The summed E-state index contributed by atoms with van der Waals surface area (Å²) in [4.78, 5) is 0. The van der Waals surface area contributed by atoms with Crippen molar-refractivity contribution in [2.24, 2.45) is 5.41 Å². The van der Waals surface area contributed by atoms with Crippen molar-refractivity contribution in [3.63, 3.8) is 0 Å². The quantitative estimate of drug-likeness (QED) is 0.199. The average Bonchev–Trinajstić information content (AvgIpc) is 2.71. The van der Waals surface area contributed by atoms with Crippen LogP contribution in [0.25, 0.3) is 0 Å². The van der Waals surface area contributed by atoms with Crippen LogP contribution in [0.1, 0.15) is 98.8 Å². The summed E-state index contributed by atoms with van der Waals surface area (Å²) in [5, 5.41) is 3.53. The van der Waals surface area contributed by atoms with Gasteiger partial charge in [0.25, 0.3) is 0 Å². The Kier molecular flexibility index (Phi) is 13.3. The first-order valence-electron chi connectivity index (χ1n) is 12.1. The molecule has 3 heteroatoms. The Hall–Kier alpha value is -1.06. The van der Waals surface area contributed by atoms with E-state index in [4.69, 9.17) is 9.47 Å². The lowest BCUT2D eigenvalue weighted by atomic mass is 9.73. The summed E-state index contributed by atoms with van der Waals surface area (Å²) in [6.07, 6.45) is 12.6. The minimum Gasteiger partial charge on any atom is -0.385 e. The van der Waals surface area contributed by atoms with Crippen LogP contribution in [-0.2, 0) is 9.47 Å². The second kappa shape index (κ2) is 14.8. The van der Waals surface area contributed by atoms with Crippen molar-refractivity contribution in [2.45, 2.75) is 105 Å². The van der Waals surface area contributed by atoms with Gasteiger partial charge in [0.15, 0.2) is 5.79 Å². The summed E-state index contributed by atoms with van der Waals surface area (Å²) < 4.78 is 12.4. The number of nitrogens with one attached hydrogen (secondary N) is 1. The zero-order valence-corrected chi connectivity index (χ0v) is 19.9. The molecule has 0 spiro atoms. The van der Waals surface area contributed by atoms with Gasteiger partial charge in [0.2, 0.25) is 0 Å². The summed E-state index contributed by atoms with van der Waals surface area (Å²) >= 11 is 0. The molecule has 0 aliphatic rings. The standard InChI is InChI=1S/C26H47NO2/c1-6-9-10-11-12-16-21-25(4,26(5,28-7-2)29-8-3)22-17-18-23-27-24-19-14-13-15-20-24/h13-15,19-20,27H,6-12,16-18,21-23H2,1-5H3. The van der Waals surface area contributed by atoms with Crippen molar-refractivity contribution in [2.75, 3.05) is 25.1 Å². The molecule has 0 heterocycles. The van der Waals surface area contributed by atoms with Crippen molar-refractivity contribution in [1.29, 1.82) is 0 Å². The van der Waals surface area contributed by atoms with Crippen molar-refractivity contribution in [3.05, 3.63) is 30.3 Å². The number of benzene rings is 1. The fraction of sp³-hybridized carbons (Fsp3) is 0.769. The molecule has 1 N–H and O–H groups in total. The lowest BCUT2D eigenvalue weighted by molar-refractivity contribution is -0.286. The molecule has 0 amide bonds. The molecule has 0 aliphatic carbocycles. The zero-order chi connectivity index (χ0) is 21.4. The molecule has 1 rings (SSSR count). The van der Waals surface area contributed by atoms with Gasteiger partial charge in [-0.25, -0.2) is 0 Å². The van der Waals surface area contributed by atoms with Crippen LogP contribution < -0.4 is 5.32 Å². The zero-order valence-electron chi connectivity index (χ0n) is 19.9. The van der Waals surface area contributed by atoms with Crippen molar-refractivity contribution >= 4 is 5.69 Å². The molecule has 0 fully saturated rings. The van der Waals surface area contributed by atoms with Crippen LogP contribution in [0.5, 0.6) is 0 Å². The van der Waals surface area contributed by atoms with E-state index in [0.29, 0.717) is 13.2 Å². The number of hydrogen-bond donors (Lipinski definition) is 1. The Bertz CT molecular complexity index is 499. The van der Waals surface area contributed by atoms with Crippen LogP contribution >= 0.6 is 0 Å². The predicted octanol–water partition coefficient (Wildman–Crippen LogP) is 7.81. The van der Waals surface area contributed by atoms with Crippen molar-refractivity contribution in [3.8, 4) is 0 Å². The molecular weight excluding hydrogens is 358 g/mol. The van der Waals surface area contributed by atoms with E-state index in [-0.39, 0.29) is 5.41 Å². The second-order valence-electron chi connectivity index (χ2n) is 8.64. The topological polar surface area (TPSA) is 30.5 Å². The number of rotatable bonds is 18. The third-order valence-corrected chi connectivity index (χ3v) is 6.28. The summed E-state index contributed by atoms with van der Waals surface area (Å²) in [5.74, 6) is -0.507. The number of anilines is 1. The number of unbranched alkanes of at least 4 members (excludes halogenated alkanes) is 6. The van der Waals surface area contributed by atoms with Crippen LogP contribution in [-0.4, -0.2) is 25.5 Å². The molecule has 168 valence electrons. The van der Waals surface area contributed by atoms with E-state index in [1.54, 1.807) is 0 Å². The Labute approximate surface area is 181 Å². The highest BCUT2D eigenvalue weighted by molar-refractivity contribution is 5.42. The smallest absolute Gasteiger partial charge is 0.170 e. The third-order valence-electron chi connectivity index (χ3n) is 6.28. The number of hydrogen-bond acceptors (Lipinski definition) is 3. The average molecular weight is 406 g/mol. The van der Waals surface area contributed by atoms with Gasteiger partial charge in [0.1, 0.15) is 0 Å². The van der Waals surface area contributed by atoms with E-state index in [1.165, 1.54) is 57.1 Å². The van der Waals surface area contributed by atoms with E-state index in [0.717, 1.165) is 19.4 Å². The van der Waals surface area contributed by atoms with E-state index in [1.807, 2.05) is 0 Å². The Morgan fingerprint density at radius 3 is 1.86 bits per heavy atom. The molecule has 1 aromatic carbocycles. The van der Waals surface area contributed by atoms with Crippen LogP contribution in [0.15, 0.2) is 30.3 Å². The van der Waals surface area contributed by atoms with Gasteiger partial charge in [-0.05, 0) is 52.2 Å². The van der Waals surface area contributed by atoms with E-state index in [2.05, 4.69) is 70.3 Å². The Morgan fingerprint density at radius 2 is 1.28 bits per heavy atom. The molecule has 0 aliphatic heterocycles. The highest BCUT2D eigenvalue weighted by Gasteiger charge is 2.45. The van der Waals surface area contributed by atoms with Crippen LogP contribution in [0.3, 0.4) is 0 Å². The largest absolute Gasteiger partial charge is 0.385 e. The maximum absolute atomic E-state index is 6.22. The molecule has 0 saturated heterocycles. The summed E-state index contributed by atoms with van der Waals surface area (Å²) in [6, 6.07) is 10.5. The maximum Gasteiger partial charge on any atom is 0.170 e. The molecule has 1 unspecified atom stereocenters. The van der Waals surface area contributed by atoms with Crippen molar-refractivity contribution in [1.82, 2.24) is 0 Å². The SMILES string of the molecule is CCCCCCCCC(C)(CCCCNc1ccccc1)C(C)(OCC)OCC. The van der Waals surface area contributed by atoms with Crippen molar-refractivity contribution < 1.29 is 9.47 Å². The predicted molar refractivity (Wildman–Crippen MR) is 127 cm³/mol. The molecule has 0 radical (unpaired) electrons. The summed E-state index contributed by atoms with van der Waals surface area (Å²) in [6.45, 7) is 13.4. The van der Waals surface area contributed by atoms with Gasteiger partial charge in [-0.15, -0.1) is 0 Å². The highest BCUT2D eigenvalue weighted by Crippen LogP contribution is 2.44. The normalized spacial score (nSPS) is 14.0. The highest BCUT2D eigenvalue weighted by atomic mass is 16.7. The second-order valence-corrected chi connectivity index (χ2v) is 8.64. The van der Waals surface area contributed by atoms with E-state index in [9.17, 15) is 0 Å². The molecule has 29 heavy (non-hydrogen) atoms. The monoisotopic (exact) mass is 405 g/mol. The molecule has 0 saturated carbocycles. The van der Waals surface area contributed by atoms with Gasteiger partial charge in [-0.2, -0.15) is 0 Å². The Balaban J connectivity index is 2.57. The lowest BCUT2D eigenvalue weighted by Gasteiger charge is -2.46. The fourth-order valence-corrected chi connectivity index (χ4v) is 4.24. The lowest BCUT2D eigenvalue weighted by Crippen LogP contribution is -2.49. The van der Waals surface area contributed by atoms with Gasteiger partial charge in [0, 0.05) is 30.9 Å².